The lowest BCUT2D eigenvalue weighted by Gasteiger charge is -2.08. The first kappa shape index (κ1) is 15.0. The highest BCUT2D eigenvalue weighted by molar-refractivity contribution is 7.92. The van der Waals surface area contributed by atoms with Gasteiger partial charge in [-0.3, -0.25) is 4.72 Å². The number of nitrogens with one attached hydrogen (secondary N) is 1. The lowest BCUT2D eigenvalue weighted by atomic mass is 10.3. The average molecular weight is 304 g/mol. The largest absolute Gasteiger partial charge is 0.389 e. The monoisotopic (exact) mass is 303 g/mol. The zero-order valence-corrected chi connectivity index (χ0v) is 10.5. The van der Waals surface area contributed by atoms with Gasteiger partial charge in [-0.2, -0.15) is 18.2 Å². The Morgan fingerprint density at radius 3 is 2.61 bits per heavy atom. The first-order valence-electron chi connectivity index (χ1n) is 4.74. The zero-order valence-electron chi connectivity index (χ0n) is 8.91. The second kappa shape index (κ2) is 5.70. The van der Waals surface area contributed by atoms with E-state index in [-0.39, 0.29) is 11.1 Å². The molecule has 0 fully saturated rings. The van der Waals surface area contributed by atoms with E-state index in [2.05, 4.69) is 9.97 Å². The summed E-state index contributed by atoms with van der Waals surface area (Å²) in [4.78, 5) is 7.09. The van der Waals surface area contributed by atoms with E-state index in [9.17, 15) is 21.6 Å². The first-order chi connectivity index (χ1) is 8.18. The molecule has 0 radical (unpaired) electrons. The molecular formula is C8H9ClF3N3O2S. The third-order valence-corrected chi connectivity index (χ3v) is 3.29. The van der Waals surface area contributed by atoms with E-state index in [4.69, 9.17) is 11.6 Å². The van der Waals surface area contributed by atoms with Gasteiger partial charge in [0.2, 0.25) is 15.3 Å². The second-order valence-electron chi connectivity index (χ2n) is 3.35. The van der Waals surface area contributed by atoms with Gasteiger partial charge in [0.05, 0.1) is 5.75 Å². The Morgan fingerprint density at radius 1 is 1.39 bits per heavy atom. The molecule has 102 valence electrons. The number of rotatable bonds is 5. The van der Waals surface area contributed by atoms with Gasteiger partial charge in [0.1, 0.15) is 5.82 Å². The van der Waals surface area contributed by atoms with Crippen molar-refractivity contribution in [2.45, 2.75) is 19.0 Å². The van der Waals surface area contributed by atoms with Crippen molar-refractivity contribution < 1.29 is 21.6 Å². The average Bonchev–Trinajstić information content (AvgIpc) is 2.13. The fraction of sp³-hybridized carbons (Fsp3) is 0.500. The number of alkyl halides is 3. The normalized spacial score (nSPS) is 12.4. The lowest BCUT2D eigenvalue weighted by Crippen LogP contribution is -2.19. The van der Waals surface area contributed by atoms with E-state index in [1.54, 1.807) is 0 Å². The van der Waals surface area contributed by atoms with Gasteiger partial charge in [0, 0.05) is 12.6 Å². The molecule has 0 atom stereocenters. The van der Waals surface area contributed by atoms with Crippen LogP contribution in [0.15, 0.2) is 12.3 Å². The summed E-state index contributed by atoms with van der Waals surface area (Å²) in [6.45, 7) is 0. The van der Waals surface area contributed by atoms with E-state index >= 15 is 0 Å². The molecule has 1 rings (SSSR count). The van der Waals surface area contributed by atoms with Crippen LogP contribution in [-0.2, 0) is 10.0 Å². The van der Waals surface area contributed by atoms with Crippen LogP contribution in [0.3, 0.4) is 0 Å². The minimum Gasteiger partial charge on any atom is -0.267 e. The molecule has 10 heteroatoms. The maximum atomic E-state index is 11.9. The Balaban J connectivity index is 2.55. The SMILES string of the molecule is O=S(=O)(CCCC(F)(F)F)Nc1ccnc(Cl)n1. The number of hydrogen-bond donors (Lipinski definition) is 1. The molecule has 1 N–H and O–H groups in total. The number of sulfonamides is 1. The predicted molar refractivity (Wildman–Crippen MR) is 59.7 cm³/mol. The summed E-state index contributed by atoms with van der Waals surface area (Å²) in [5, 5.41) is -0.162. The highest BCUT2D eigenvalue weighted by Gasteiger charge is 2.27. The van der Waals surface area contributed by atoms with Crippen LogP contribution in [0.25, 0.3) is 0 Å². The minimum atomic E-state index is -4.37. The summed E-state index contributed by atoms with van der Waals surface area (Å²) < 4.78 is 60.4. The van der Waals surface area contributed by atoms with Crippen LogP contribution in [0.1, 0.15) is 12.8 Å². The summed E-state index contributed by atoms with van der Waals surface area (Å²) in [6, 6.07) is 1.24. The summed E-state index contributed by atoms with van der Waals surface area (Å²) >= 11 is 5.43. The molecule has 5 nitrogen and oxygen atoms in total. The number of hydrogen-bond acceptors (Lipinski definition) is 4. The Bertz CT molecular complexity index is 507. The number of halogens is 4. The molecular weight excluding hydrogens is 295 g/mol. The molecule has 0 amide bonds. The van der Waals surface area contributed by atoms with Crippen LogP contribution in [0.4, 0.5) is 19.0 Å². The van der Waals surface area contributed by atoms with Gasteiger partial charge in [-0.1, -0.05) is 0 Å². The summed E-state index contributed by atoms with van der Waals surface area (Å²) in [6.07, 6.45) is -4.81. The van der Waals surface area contributed by atoms with Crippen molar-refractivity contribution in [3.8, 4) is 0 Å². The minimum absolute atomic E-state index is 0.0815. The van der Waals surface area contributed by atoms with Crippen LogP contribution < -0.4 is 4.72 Å². The quantitative estimate of drug-likeness (QED) is 0.847. The van der Waals surface area contributed by atoms with E-state index in [1.807, 2.05) is 4.72 Å². The molecule has 1 heterocycles. The number of anilines is 1. The third-order valence-electron chi connectivity index (χ3n) is 1.76. The van der Waals surface area contributed by atoms with Crippen molar-refractivity contribution in [1.82, 2.24) is 9.97 Å². The van der Waals surface area contributed by atoms with Crippen molar-refractivity contribution in [3.63, 3.8) is 0 Å². The van der Waals surface area contributed by atoms with E-state index in [0.717, 1.165) is 0 Å². The number of nitrogens with zero attached hydrogens (tertiary/aromatic N) is 2. The predicted octanol–water partition coefficient (Wildman–Crippen LogP) is 2.21. The van der Waals surface area contributed by atoms with E-state index < -0.39 is 34.8 Å². The van der Waals surface area contributed by atoms with Gasteiger partial charge < -0.3 is 0 Å². The van der Waals surface area contributed by atoms with Crippen molar-refractivity contribution in [2.75, 3.05) is 10.5 Å². The molecule has 0 unspecified atom stereocenters. The van der Waals surface area contributed by atoms with Gasteiger partial charge in [0.25, 0.3) is 0 Å². The number of aromatic nitrogens is 2. The topological polar surface area (TPSA) is 72.0 Å². The summed E-state index contributed by atoms with van der Waals surface area (Å²) in [5.41, 5.74) is 0. The van der Waals surface area contributed by atoms with Gasteiger partial charge in [0.15, 0.2) is 0 Å². The van der Waals surface area contributed by atoms with Crippen LogP contribution in [0.2, 0.25) is 5.28 Å². The Hall–Kier alpha value is -1.09. The van der Waals surface area contributed by atoms with Crippen molar-refractivity contribution in [3.05, 3.63) is 17.5 Å². The fourth-order valence-corrected chi connectivity index (χ4v) is 2.27. The second-order valence-corrected chi connectivity index (χ2v) is 5.53. The van der Waals surface area contributed by atoms with Gasteiger partial charge in [-0.15, -0.1) is 0 Å². The van der Waals surface area contributed by atoms with Crippen molar-refractivity contribution >= 4 is 27.4 Å². The van der Waals surface area contributed by atoms with Gasteiger partial charge in [-0.25, -0.2) is 13.4 Å². The van der Waals surface area contributed by atoms with Crippen LogP contribution in [-0.4, -0.2) is 30.3 Å². The highest BCUT2D eigenvalue weighted by atomic mass is 35.5. The van der Waals surface area contributed by atoms with Crippen LogP contribution in [0, 0.1) is 0 Å². The lowest BCUT2D eigenvalue weighted by molar-refractivity contribution is -0.134. The molecule has 0 spiro atoms. The van der Waals surface area contributed by atoms with E-state index in [0.29, 0.717) is 0 Å². The van der Waals surface area contributed by atoms with Crippen molar-refractivity contribution in [2.24, 2.45) is 0 Å². The molecule has 18 heavy (non-hydrogen) atoms. The molecule has 0 aromatic carbocycles. The first-order valence-corrected chi connectivity index (χ1v) is 6.77. The highest BCUT2D eigenvalue weighted by Crippen LogP contribution is 2.21. The molecule has 0 saturated heterocycles. The van der Waals surface area contributed by atoms with Gasteiger partial charge >= 0.3 is 6.18 Å². The van der Waals surface area contributed by atoms with Crippen LogP contribution >= 0.6 is 11.6 Å². The third kappa shape index (κ3) is 6.01. The Labute approximate surface area is 106 Å². The zero-order chi connectivity index (χ0) is 13.8. The Morgan fingerprint density at radius 2 is 2.06 bits per heavy atom. The standard InChI is InChI=1S/C8H9ClF3N3O2S/c9-7-13-4-2-6(14-7)15-18(16,17)5-1-3-8(10,11)12/h2,4H,1,3,5H2,(H,13,14,15). The maximum absolute atomic E-state index is 11.9. The molecule has 0 bridgehead atoms. The van der Waals surface area contributed by atoms with Gasteiger partial charge in [-0.05, 0) is 24.1 Å². The molecule has 0 aliphatic rings. The molecule has 0 aliphatic heterocycles. The smallest absolute Gasteiger partial charge is 0.267 e. The molecule has 0 saturated carbocycles. The van der Waals surface area contributed by atoms with E-state index in [1.165, 1.54) is 12.3 Å². The van der Waals surface area contributed by atoms with Crippen molar-refractivity contribution in [1.29, 1.82) is 0 Å². The van der Waals surface area contributed by atoms with Crippen LogP contribution in [0.5, 0.6) is 0 Å². The molecule has 1 aromatic rings. The molecule has 1 aromatic heterocycles. The fourth-order valence-electron chi connectivity index (χ4n) is 1.06. The maximum Gasteiger partial charge on any atom is 0.389 e. The summed E-state index contributed by atoms with van der Waals surface area (Å²) in [7, 11) is -3.87. The summed E-state index contributed by atoms with van der Waals surface area (Å²) in [5.74, 6) is -0.726. The molecule has 0 aliphatic carbocycles. The Kier molecular flexibility index (Phi) is 4.74.